The Kier molecular flexibility index (Phi) is 5.41. The van der Waals surface area contributed by atoms with Crippen molar-refractivity contribution in [2.45, 2.75) is 39.0 Å². The average molecular weight is 302 g/mol. The number of allylic oxidation sites excluding steroid dienone is 2. The van der Waals surface area contributed by atoms with Gasteiger partial charge in [-0.05, 0) is 38.8 Å². The van der Waals surface area contributed by atoms with Crippen LogP contribution in [0.4, 0.5) is 18.0 Å². The van der Waals surface area contributed by atoms with E-state index in [0.29, 0.717) is 5.56 Å². The summed E-state index contributed by atoms with van der Waals surface area (Å²) in [5.74, 6) is -1.37. The van der Waals surface area contributed by atoms with Gasteiger partial charge in [0.1, 0.15) is 5.60 Å². The number of ether oxygens (including phenoxy) is 2. The Balaban J connectivity index is 2.80. The fraction of sp³-hybridized carbons (Fsp3) is 0.400. The number of hydrogen-bond acceptors (Lipinski definition) is 3. The molecule has 0 bridgehead atoms. The van der Waals surface area contributed by atoms with Gasteiger partial charge in [-0.15, -0.1) is 0 Å². The van der Waals surface area contributed by atoms with Crippen molar-refractivity contribution in [3.63, 3.8) is 0 Å². The first kappa shape index (κ1) is 17.1. The van der Waals surface area contributed by atoms with Crippen LogP contribution in [0.25, 0.3) is 0 Å². The smallest absolute Gasteiger partial charge is 0.428 e. The van der Waals surface area contributed by atoms with Crippen molar-refractivity contribution in [2.75, 3.05) is 0 Å². The molecule has 0 aromatic heterocycles. The highest BCUT2D eigenvalue weighted by molar-refractivity contribution is 5.62. The van der Waals surface area contributed by atoms with Gasteiger partial charge in [0.15, 0.2) is 0 Å². The molecule has 0 aliphatic carbocycles. The molecule has 0 saturated carbocycles. The van der Waals surface area contributed by atoms with Crippen molar-refractivity contribution < 1.29 is 27.4 Å². The van der Waals surface area contributed by atoms with E-state index >= 15 is 0 Å². The van der Waals surface area contributed by atoms with E-state index in [1.54, 1.807) is 30.3 Å². The number of benzene rings is 1. The van der Waals surface area contributed by atoms with Gasteiger partial charge in [-0.2, -0.15) is 13.2 Å². The lowest BCUT2D eigenvalue weighted by Gasteiger charge is -2.20. The molecule has 0 radical (unpaired) electrons. The molecule has 0 heterocycles. The lowest BCUT2D eigenvalue weighted by atomic mass is 10.1. The fourth-order valence-electron chi connectivity index (χ4n) is 1.40. The molecule has 6 heteroatoms. The van der Waals surface area contributed by atoms with Gasteiger partial charge >= 0.3 is 12.3 Å². The van der Waals surface area contributed by atoms with Crippen molar-refractivity contribution in [1.29, 1.82) is 0 Å². The van der Waals surface area contributed by atoms with Gasteiger partial charge in [0.05, 0.1) is 0 Å². The largest absolute Gasteiger partial charge is 0.514 e. The zero-order valence-electron chi connectivity index (χ0n) is 12.0. The first-order valence-electron chi connectivity index (χ1n) is 6.30. The van der Waals surface area contributed by atoms with Crippen LogP contribution in [0, 0.1) is 0 Å². The molecule has 0 amide bonds. The Morgan fingerprint density at radius 2 is 1.71 bits per heavy atom. The molecule has 0 aliphatic rings. The quantitative estimate of drug-likeness (QED) is 0.603. The summed E-state index contributed by atoms with van der Waals surface area (Å²) in [6.45, 7) is 4.61. The van der Waals surface area contributed by atoms with Gasteiger partial charge in [0.2, 0.25) is 5.76 Å². The number of carbonyl (C=O) groups is 1. The number of carbonyl (C=O) groups excluding carboxylic acids is 1. The summed E-state index contributed by atoms with van der Waals surface area (Å²) in [7, 11) is 0. The van der Waals surface area contributed by atoms with Crippen LogP contribution in [-0.4, -0.2) is 17.9 Å². The van der Waals surface area contributed by atoms with Crippen LogP contribution in [0.1, 0.15) is 26.3 Å². The summed E-state index contributed by atoms with van der Waals surface area (Å²) < 4.78 is 47.4. The molecule has 21 heavy (non-hydrogen) atoms. The molecule has 1 aromatic rings. The summed E-state index contributed by atoms with van der Waals surface area (Å²) in [5.41, 5.74) is -0.250. The van der Waals surface area contributed by atoms with E-state index in [-0.39, 0.29) is 6.42 Å². The van der Waals surface area contributed by atoms with Gasteiger partial charge in [-0.1, -0.05) is 30.3 Å². The van der Waals surface area contributed by atoms with Crippen LogP contribution >= 0.6 is 0 Å². The summed E-state index contributed by atoms with van der Waals surface area (Å²) in [5, 5.41) is 0. The highest BCUT2D eigenvalue weighted by atomic mass is 19.4. The normalized spacial score (nSPS) is 13.0. The lowest BCUT2D eigenvalue weighted by Crippen LogP contribution is -2.27. The van der Waals surface area contributed by atoms with Crippen molar-refractivity contribution in [3.05, 3.63) is 47.7 Å². The minimum atomic E-state index is -4.76. The van der Waals surface area contributed by atoms with E-state index < -0.39 is 23.7 Å². The summed E-state index contributed by atoms with van der Waals surface area (Å²) >= 11 is 0. The lowest BCUT2D eigenvalue weighted by molar-refractivity contribution is -0.129. The number of halogens is 3. The second-order valence-corrected chi connectivity index (χ2v) is 5.32. The van der Waals surface area contributed by atoms with Gasteiger partial charge in [0, 0.05) is 0 Å². The minimum Gasteiger partial charge on any atom is -0.428 e. The molecule has 1 rings (SSSR count). The van der Waals surface area contributed by atoms with E-state index in [1.165, 1.54) is 20.8 Å². The predicted octanol–water partition coefficient (Wildman–Crippen LogP) is 4.63. The van der Waals surface area contributed by atoms with Crippen LogP contribution in [-0.2, 0) is 15.9 Å². The molecule has 0 unspecified atom stereocenters. The zero-order chi connectivity index (χ0) is 16.1. The highest BCUT2D eigenvalue weighted by Crippen LogP contribution is 2.28. The molecule has 0 spiro atoms. The van der Waals surface area contributed by atoms with Crippen LogP contribution < -0.4 is 0 Å². The molecule has 0 fully saturated rings. The Hall–Kier alpha value is -1.98. The van der Waals surface area contributed by atoms with Crippen LogP contribution in [0.15, 0.2) is 42.2 Å². The van der Waals surface area contributed by atoms with E-state index in [9.17, 15) is 18.0 Å². The molecule has 0 saturated heterocycles. The summed E-state index contributed by atoms with van der Waals surface area (Å²) in [4.78, 5) is 11.3. The predicted molar refractivity (Wildman–Crippen MR) is 71.6 cm³/mol. The maximum atomic E-state index is 12.8. The molecule has 0 atom stereocenters. The first-order chi connectivity index (χ1) is 9.58. The van der Waals surface area contributed by atoms with E-state index in [4.69, 9.17) is 4.74 Å². The van der Waals surface area contributed by atoms with Gasteiger partial charge in [0.25, 0.3) is 0 Å². The number of alkyl halides is 3. The third-order valence-electron chi connectivity index (χ3n) is 2.23. The van der Waals surface area contributed by atoms with Crippen molar-refractivity contribution in [3.8, 4) is 0 Å². The Labute approximate surface area is 121 Å². The Morgan fingerprint density at radius 1 is 1.14 bits per heavy atom. The van der Waals surface area contributed by atoms with Crippen molar-refractivity contribution >= 4 is 6.16 Å². The Bertz CT molecular complexity index is 499. The molecule has 3 nitrogen and oxygen atoms in total. The molecule has 0 N–H and O–H groups in total. The number of rotatable bonds is 3. The maximum absolute atomic E-state index is 12.8. The topological polar surface area (TPSA) is 35.5 Å². The van der Waals surface area contributed by atoms with Crippen LogP contribution in [0.3, 0.4) is 0 Å². The third-order valence-corrected chi connectivity index (χ3v) is 2.23. The SMILES string of the molecule is CC(C)(C)OC(=O)O/C(=C\Cc1ccccc1)C(F)(F)F. The third kappa shape index (κ3) is 6.83. The second-order valence-electron chi connectivity index (χ2n) is 5.32. The van der Waals surface area contributed by atoms with Crippen LogP contribution in [0.5, 0.6) is 0 Å². The molecule has 1 aromatic carbocycles. The Morgan fingerprint density at radius 3 is 2.19 bits per heavy atom. The highest BCUT2D eigenvalue weighted by Gasteiger charge is 2.38. The summed E-state index contributed by atoms with van der Waals surface area (Å²) in [6.07, 6.45) is -5.32. The molecule has 0 aliphatic heterocycles. The van der Waals surface area contributed by atoms with Gasteiger partial charge < -0.3 is 9.47 Å². The van der Waals surface area contributed by atoms with E-state index in [0.717, 1.165) is 6.08 Å². The monoisotopic (exact) mass is 302 g/mol. The van der Waals surface area contributed by atoms with Gasteiger partial charge in [-0.3, -0.25) is 0 Å². The molecular formula is C15H17F3O3. The second kappa shape index (κ2) is 6.65. The van der Waals surface area contributed by atoms with E-state index in [1.807, 2.05) is 0 Å². The number of hydrogen-bond donors (Lipinski definition) is 0. The molecule has 116 valence electrons. The van der Waals surface area contributed by atoms with Crippen molar-refractivity contribution in [2.24, 2.45) is 0 Å². The van der Waals surface area contributed by atoms with Crippen molar-refractivity contribution in [1.82, 2.24) is 0 Å². The fourth-order valence-corrected chi connectivity index (χ4v) is 1.40. The summed E-state index contributed by atoms with van der Waals surface area (Å²) in [6, 6.07) is 8.54. The zero-order valence-corrected chi connectivity index (χ0v) is 12.0. The first-order valence-corrected chi connectivity index (χ1v) is 6.30. The standard InChI is InChI=1S/C15H17F3O3/c1-14(2,3)21-13(19)20-12(15(16,17)18)10-9-11-7-5-4-6-8-11/h4-8,10H,9H2,1-3H3/b12-10-. The maximum Gasteiger partial charge on any atom is 0.514 e. The van der Waals surface area contributed by atoms with Crippen LogP contribution in [0.2, 0.25) is 0 Å². The minimum absolute atomic E-state index is 0.00151. The molecular weight excluding hydrogens is 285 g/mol. The average Bonchev–Trinajstić information content (AvgIpc) is 2.32. The van der Waals surface area contributed by atoms with E-state index in [2.05, 4.69) is 4.74 Å². The van der Waals surface area contributed by atoms with Gasteiger partial charge in [-0.25, -0.2) is 4.79 Å².